The number of halogens is 1. The molecule has 0 aliphatic carbocycles. The van der Waals surface area contributed by atoms with Gasteiger partial charge in [0, 0.05) is 33.3 Å². The number of hydrogen-bond donors (Lipinski definition) is 2. The van der Waals surface area contributed by atoms with Crippen molar-refractivity contribution < 1.29 is 17.6 Å². The van der Waals surface area contributed by atoms with Crippen molar-refractivity contribution in [3.8, 4) is 0 Å². The minimum Gasteiger partial charge on any atom is -0.319 e. The molecular weight excluding hydrogens is 361 g/mol. The Hall–Kier alpha value is -2.43. The van der Waals surface area contributed by atoms with Gasteiger partial charge in [0.25, 0.3) is 16.1 Å². The summed E-state index contributed by atoms with van der Waals surface area (Å²) in [6, 6.07) is 5.79. The quantitative estimate of drug-likeness (QED) is 0.748. The van der Waals surface area contributed by atoms with E-state index in [2.05, 4.69) is 20.0 Å². The number of amides is 1. The second-order valence-corrected chi connectivity index (χ2v) is 7.61. The van der Waals surface area contributed by atoms with Crippen LogP contribution in [0.5, 0.6) is 0 Å². The number of aryl methyl sites for hydroxylation is 1. The van der Waals surface area contributed by atoms with Crippen LogP contribution in [0.2, 0.25) is 0 Å². The summed E-state index contributed by atoms with van der Waals surface area (Å²) in [4.78, 5) is 20.7. The first kappa shape index (κ1) is 19.9. The van der Waals surface area contributed by atoms with E-state index in [9.17, 15) is 17.6 Å². The SMILES string of the molecule is Cc1ncc(C(=O)Nc2ccccc2F)c(CCNS(=O)(=O)N(C)C)n1. The molecule has 0 aliphatic rings. The van der Waals surface area contributed by atoms with Crippen molar-refractivity contribution in [1.29, 1.82) is 0 Å². The van der Waals surface area contributed by atoms with Gasteiger partial charge >= 0.3 is 0 Å². The highest BCUT2D eigenvalue weighted by Gasteiger charge is 2.17. The molecule has 0 aliphatic heterocycles. The number of benzene rings is 1. The fourth-order valence-electron chi connectivity index (χ4n) is 2.08. The summed E-state index contributed by atoms with van der Waals surface area (Å²) in [7, 11) is -0.762. The average Bonchev–Trinajstić information content (AvgIpc) is 2.56. The summed E-state index contributed by atoms with van der Waals surface area (Å²) >= 11 is 0. The number of anilines is 1. The number of aromatic nitrogens is 2. The molecule has 0 bridgehead atoms. The lowest BCUT2D eigenvalue weighted by molar-refractivity contribution is 0.102. The standard InChI is InChI=1S/C16H20FN5O3S/c1-11-18-10-12(16(23)21-15-7-5-4-6-13(15)17)14(20-11)8-9-19-26(24,25)22(2)3/h4-7,10,19H,8-9H2,1-3H3,(H,21,23). The monoisotopic (exact) mass is 381 g/mol. The van der Waals surface area contributed by atoms with E-state index in [1.165, 1.54) is 38.5 Å². The summed E-state index contributed by atoms with van der Waals surface area (Å²) < 4.78 is 40.6. The molecule has 0 saturated heterocycles. The summed E-state index contributed by atoms with van der Waals surface area (Å²) in [6.45, 7) is 1.71. The van der Waals surface area contributed by atoms with Crippen molar-refractivity contribution in [2.75, 3.05) is 26.0 Å². The third-order valence-electron chi connectivity index (χ3n) is 3.48. The number of carbonyl (C=O) groups is 1. The number of para-hydroxylation sites is 1. The second kappa shape index (κ2) is 8.30. The minimum atomic E-state index is -3.58. The normalized spacial score (nSPS) is 11.6. The molecule has 140 valence electrons. The molecule has 0 atom stereocenters. The number of hydrogen-bond acceptors (Lipinski definition) is 5. The molecule has 0 spiro atoms. The van der Waals surface area contributed by atoms with Crippen LogP contribution in [0.1, 0.15) is 21.9 Å². The highest BCUT2D eigenvalue weighted by atomic mass is 32.2. The van der Waals surface area contributed by atoms with E-state index in [0.717, 1.165) is 4.31 Å². The number of nitrogens with zero attached hydrogens (tertiary/aromatic N) is 3. The molecule has 0 radical (unpaired) electrons. The lowest BCUT2D eigenvalue weighted by atomic mass is 10.1. The number of nitrogens with one attached hydrogen (secondary N) is 2. The Bertz CT molecular complexity index is 903. The first-order chi connectivity index (χ1) is 12.2. The topological polar surface area (TPSA) is 104 Å². The molecule has 8 nitrogen and oxygen atoms in total. The average molecular weight is 381 g/mol. The van der Waals surface area contributed by atoms with E-state index in [1.54, 1.807) is 13.0 Å². The van der Waals surface area contributed by atoms with Crippen LogP contribution >= 0.6 is 0 Å². The maximum Gasteiger partial charge on any atom is 0.278 e. The fourth-order valence-corrected chi connectivity index (χ4v) is 2.70. The molecule has 0 unspecified atom stereocenters. The van der Waals surface area contributed by atoms with Gasteiger partial charge in [-0.1, -0.05) is 12.1 Å². The zero-order valence-corrected chi connectivity index (χ0v) is 15.5. The van der Waals surface area contributed by atoms with Gasteiger partial charge in [0.1, 0.15) is 11.6 Å². The van der Waals surface area contributed by atoms with E-state index in [4.69, 9.17) is 0 Å². The van der Waals surface area contributed by atoms with Gasteiger partial charge in [0.2, 0.25) is 0 Å². The van der Waals surface area contributed by atoms with E-state index in [-0.39, 0.29) is 24.2 Å². The van der Waals surface area contributed by atoms with Crippen molar-refractivity contribution in [2.24, 2.45) is 0 Å². The van der Waals surface area contributed by atoms with E-state index >= 15 is 0 Å². The Labute approximate surface area is 151 Å². The molecular formula is C16H20FN5O3S. The van der Waals surface area contributed by atoms with Gasteiger partial charge in [0.15, 0.2) is 0 Å². The van der Waals surface area contributed by atoms with Gasteiger partial charge in [-0.05, 0) is 19.1 Å². The lowest BCUT2D eigenvalue weighted by Crippen LogP contribution is -2.37. The zero-order valence-electron chi connectivity index (χ0n) is 14.7. The largest absolute Gasteiger partial charge is 0.319 e. The molecule has 2 rings (SSSR count). The van der Waals surface area contributed by atoms with Crippen LogP contribution < -0.4 is 10.0 Å². The van der Waals surface area contributed by atoms with Crippen LogP contribution in [0.15, 0.2) is 30.5 Å². The van der Waals surface area contributed by atoms with Crippen LogP contribution in [0.4, 0.5) is 10.1 Å². The van der Waals surface area contributed by atoms with Crippen LogP contribution in [0.3, 0.4) is 0 Å². The molecule has 1 amide bonds. The Morgan fingerprint density at radius 1 is 1.27 bits per heavy atom. The molecule has 0 fully saturated rings. The maximum absolute atomic E-state index is 13.7. The first-order valence-electron chi connectivity index (χ1n) is 7.76. The molecule has 1 aromatic carbocycles. The summed E-state index contributed by atoms with van der Waals surface area (Å²) in [5, 5.41) is 2.47. The van der Waals surface area contributed by atoms with Gasteiger partial charge in [-0.3, -0.25) is 4.79 Å². The molecule has 26 heavy (non-hydrogen) atoms. The summed E-state index contributed by atoms with van der Waals surface area (Å²) in [6.07, 6.45) is 1.52. The smallest absolute Gasteiger partial charge is 0.278 e. The fraction of sp³-hybridized carbons (Fsp3) is 0.312. The molecule has 1 aromatic heterocycles. The molecule has 2 aromatic rings. The lowest BCUT2D eigenvalue weighted by Gasteiger charge is -2.13. The van der Waals surface area contributed by atoms with E-state index < -0.39 is 21.9 Å². The van der Waals surface area contributed by atoms with Crippen molar-refractivity contribution in [1.82, 2.24) is 19.0 Å². The molecule has 10 heteroatoms. The number of carbonyl (C=O) groups excluding carboxylic acids is 1. The Morgan fingerprint density at radius 3 is 2.62 bits per heavy atom. The summed E-state index contributed by atoms with van der Waals surface area (Å²) in [5.41, 5.74) is 0.563. The maximum atomic E-state index is 13.7. The van der Waals surface area contributed by atoms with E-state index in [1.807, 2.05) is 0 Å². The van der Waals surface area contributed by atoms with Crippen LogP contribution in [0, 0.1) is 12.7 Å². The summed E-state index contributed by atoms with van der Waals surface area (Å²) in [5.74, 6) is -0.687. The van der Waals surface area contributed by atoms with Crippen molar-refractivity contribution in [3.05, 3.63) is 53.4 Å². The molecule has 2 N–H and O–H groups in total. The zero-order chi connectivity index (χ0) is 19.3. The van der Waals surface area contributed by atoms with Gasteiger partial charge < -0.3 is 5.32 Å². The van der Waals surface area contributed by atoms with Crippen molar-refractivity contribution >= 4 is 21.8 Å². The van der Waals surface area contributed by atoms with Crippen LogP contribution in [0.25, 0.3) is 0 Å². The Morgan fingerprint density at radius 2 is 1.96 bits per heavy atom. The molecule has 1 heterocycles. The van der Waals surface area contributed by atoms with Crippen LogP contribution in [-0.2, 0) is 16.6 Å². The highest BCUT2D eigenvalue weighted by molar-refractivity contribution is 7.87. The minimum absolute atomic E-state index is 0.0392. The van der Waals surface area contributed by atoms with Crippen molar-refractivity contribution in [2.45, 2.75) is 13.3 Å². The number of rotatable bonds is 7. The van der Waals surface area contributed by atoms with Gasteiger partial charge in [-0.2, -0.15) is 12.7 Å². The van der Waals surface area contributed by atoms with Crippen LogP contribution in [-0.4, -0.2) is 49.2 Å². The van der Waals surface area contributed by atoms with Crippen molar-refractivity contribution in [3.63, 3.8) is 0 Å². The Balaban J connectivity index is 2.16. The van der Waals surface area contributed by atoms with Gasteiger partial charge in [-0.25, -0.2) is 19.1 Å². The Kier molecular flexibility index (Phi) is 6.35. The molecule has 0 saturated carbocycles. The van der Waals surface area contributed by atoms with E-state index in [0.29, 0.717) is 11.5 Å². The predicted octanol–water partition coefficient (Wildman–Crippen LogP) is 1.11. The third kappa shape index (κ3) is 5.04. The highest BCUT2D eigenvalue weighted by Crippen LogP contribution is 2.15. The third-order valence-corrected chi connectivity index (χ3v) is 5.01. The van der Waals surface area contributed by atoms with Gasteiger partial charge in [-0.15, -0.1) is 0 Å². The van der Waals surface area contributed by atoms with Gasteiger partial charge in [0.05, 0.1) is 16.9 Å². The predicted molar refractivity (Wildman–Crippen MR) is 95.4 cm³/mol. The second-order valence-electron chi connectivity index (χ2n) is 5.64. The first-order valence-corrected chi connectivity index (χ1v) is 9.20.